The summed E-state index contributed by atoms with van der Waals surface area (Å²) in [6.07, 6.45) is 1.32. The Balaban J connectivity index is 1.43. The molecule has 0 amide bonds. The summed E-state index contributed by atoms with van der Waals surface area (Å²) in [5.74, 6) is -1.73. The molecule has 0 saturated carbocycles. The number of piperazine rings is 1. The van der Waals surface area contributed by atoms with E-state index in [9.17, 15) is 19.9 Å². The van der Waals surface area contributed by atoms with Crippen LogP contribution in [-0.2, 0) is 0 Å². The first-order chi connectivity index (χ1) is 17.3. The Morgan fingerprint density at radius 2 is 1.92 bits per heavy atom. The summed E-state index contributed by atoms with van der Waals surface area (Å²) in [6.45, 7) is 4.58. The van der Waals surface area contributed by atoms with Gasteiger partial charge in [-0.3, -0.25) is 9.69 Å². The van der Waals surface area contributed by atoms with Gasteiger partial charge in [-0.15, -0.1) is 0 Å². The molecule has 0 radical (unpaired) electrons. The van der Waals surface area contributed by atoms with Crippen LogP contribution < -0.4 is 15.1 Å². The molecule has 5 rings (SSSR count). The molecule has 2 aromatic carbocycles. The maximum Gasteiger partial charge on any atom is 0.341 e. The predicted molar refractivity (Wildman–Crippen MR) is 134 cm³/mol. The van der Waals surface area contributed by atoms with Crippen molar-refractivity contribution in [3.63, 3.8) is 0 Å². The SMILES string of the molecule is C[C@H]1COc2c(N3CCN(C/C(=N/O)c4ccc(Cl)cc4)CC3)c(F)cc3c(=O)c(C(=O)O)cn1c23. The average Bonchev–Trinajstić information content (AvgIpc) is 2.86. The minimum atomic E-state index is -1.35. The van der Waals surface area contributed by atoms with Crippen molar-refractivity contribution in [3.05, 3.63) is 68.7 Å². The van der Waals surface area contributed by atoms with E-state index in [4.69, 9.17) is 16.3 Å². The molecular formula is C25H24ClFN4O5. The summed E-state index contributed by atoms with van der Waals surface area (Å²) in [5.41, 5.74) is 0.795. The molecule has 0 spiro atoms. The van der Waals surface area contributed by atoms with Crippen molar-refractivity contribution in [3.8, 4) is 5.75 Å². The van der Waals surface area contributed by atoms with Crippen LogP contribution in [0.15, 0.2) is 46.5 Å². The van der Waals surface area contributed by atoms with Crippen LogP contribution in [0.2, 0.25) is 5.02 Å². The first-order valence-corrected chi connectivity index (χ1v) is 11.9. The number of anilines is 1. The van der Waals surface area contributed by atoms with Crippen LogP contribution in [0.4, 0.5) is 10.1 Å². The highest BCUT2D eigenvalue weighted by molar-refractivity contribution is 6.30. The number of halogens is 2. The van der Waals surface area contributed by atoms with Gasteiger partial charge in [-0.2, -0.15) is 0 Å². The van der Waals surface area contributed by atoms with Crippen LogP contribution in [0.25, 0.3) is 10.9 Å². The van der Waals surface area contributed by atoms with Gasteiger partial charge >= 0.3 is 5.97 Å². The number of carboxylic acid groups (broad SMARTS) is 1. The van der Waals surface area contributed by atoms with Crippen LogP contribution in [-0.4, -0.2) is 70.8 Å². The summed E-state index contributed by atoms with van der Waals surface area (Å²) in [6, 6.07) is 7.93. The minimum Gasteiger partial charge on any atom is -0.487 e. The number of aromatic nitrogens is 1. The van der Waals surface area contributed by atoms with E-state index >= 15 is 4.39 Å². The highest BCUT2D eigenvalue weighted by Crippen LogP contribution is 2.42. The highest BCUT2D eigenvalue weighted by Gasteiger charge is 2.31. The zero-order chi connectivity index (χ0) is 25.6. The Kier molecular flexibility index (Phi) is 6.31. The summed E-state index contributed by atoms with van der Waals surface area (Å²) >= 11 is 5.95. The fourth-order valence-corrected chi connectivity index (χ4v) is 4.95. The normalized spacial score (nSPS) is 18.4. The fraction of sp³-hybridized carbons (Fsp3) is 0.320. The molecule has 0 bridgehead atoms. The Morgan fingerprint density at radius 1 is 1.22 bits per heavy atom. The van der Waals surface area contributed by atoms with Gasteiger partial charge in [0.25, 0.3) is 0 Å². The molecule has 0 aliphatic carbocycles. The number of hydrogen-bond acceptors (Lipinski definition) is 7. The number of carboxylic acids is 1. The van der Waals surface area contributed by atoms with Crippen molar-refractivity contribution in [1.29, 1.82) is 0 Å². The second kappa shape index (κ2) is 9.44. The van der Waals surface area contributed by atoms with Gasteiger partial charge in [0.1, 0.15) is 23.6 Å². The van der Waals surface area contributed by atoms with Gasteiger partial charge < -0.3 is 24.5 Å². The molecule has 2 aliphatic rings. The smallest absolute Gasteiger partial charge is 0.341 e. The quantitative estimate of drug-likeness (QED) is 0.305. The van der Waals surface area contributed by atoms with Crippen LogP contribution in [0, 0.1) is 5.82 Å². The van der Waals surface area contributed by atoms with Crippen molar-refractivity contribution < 1.29 is 24.2 Å². The Hall–Kier alpha value is -3.63. The number of carbonyl (C=O) groups is 1. The predicted octanol–water partition coefficient (Wildman–Crippen LogP) is 3.45. The molecule has 1 saturated heterocycles. The molecule has 11 heteroatoms. The van der Waals surface area contributed by atoms with Crippen LogP contribution in [0.3, 0.4) is 0 Å². The summed E-state index contributed by atoms with van der Waals surface area (Å²) in [7, 11) is 0. The zero-order valence-electron chi connectivity index (χ0n) is 19.4. The van der Waals surface area contributed by atoms with Gasteiger partial charge in [-0.25, -0.2) is 9.18 Å². The lowest BCUT2D eigenvalue weighted by Gasteiger charge is -2.38. The van der Waals surface area contributed by atoms with Crippen LogP contribution >= 0.6 is 11.6 Å². The topological polar surface area (TPSA) is 108 Å². The number of aromatic carboxylic acids is 1. The van der Waals surface area contributed by atoms with Crippen molar-refractivity contribution in [2.24, 2.45) is 5.16 Å². The van der Waals surface area contributed by atoms with Gasteiger partial charge in [0.15, 0.2) is 11.6 Å². The average molecular weight is 515 g/mol. The van der Waals surface area contributed by atoms with Crippen molar-refractivity contribution >= 4 is 39.9 Å². The number of pyridine rings is 1. The van der Waals surface area contributed by atoms with E-state index in [0.717, 1.165) is 11.6 Å². The second-order valence-corrected chi connectivity index (χ2v) is 9.43. The maximum absolute atomic E-state index is 15.4. The number of nitrogens with zero attached hydrogens (tertiary/aromatic N) is 4. The molecule has 36 heavy (non-hydrogen) atoms. The molecule has 2 aliphatic heterocycles. The van der Waals surface area contributed by atoms with Gasteiger partial charge in [0, 0.05) is 49.5 Å². The van der Waals surface area contributed by atoms with E-state index in [1.54, 1.807) is 28.8 Å². The van der Waals surface area contributed by atoms with Gasteiger partial charge in [-0.1, -0.05) is 28.9 Å². The van der Waals surface area contributed by atoms with E-state index in [0.29, 0.717) is 49.0 Å². The molecule has 2 N–H and O–H groups in total. The summed E-state index contributed by atoms with van der Waals surface area (Å²) in [4.78, 5) is 28.4. The number of oxime groups is 1. The third-order valence-corrected chi connectivity index (χ3v) is 6.98. The zero-order valence-corrected chi connectivity index (χ0v) is 20.2. The third kappa shape index (κ3) is 4.16. The van der Waals surface area contributed by atoms with E-state index in [-0.39, 0.29) is 29.5 Å². The number of hydrogen-bond donors (Lipinski definition) is 2. The van der Waals surface area contributed by atoms with E-state index < -0.39 is 22.8 Å². The molecule has 1 atom stereocenters. The van der Waals surface area contributed by atoms with E-state index in [1.165, 1.54) is 6.20 Å². The van der Waals surface area contributed by atoms with Crippen LogP contribution in [0.1, 0.15) is 28.9 Å². The monoisotopic (exact) mass is 514 g/mol. The van der Waals surface area contributed by atoms with Gasteiger partial charge in [-0.05, 0) is 25.1 Å². The summed E-state index contributed by atoms with van der Waals surface area (Å²) in [5, 5.41) is 23.0. The lowest BCUT2D eigenvalue weighted by Crippen LogP contribution is -2.48. The second-order valence-electron chi connectivity index (χ2n) is 8.99. The Morgan fingerprint density at radius 3 is 2.56 bits per heavy atom. The highest BCUT2D eigenvalue weighted by atomic mass is 35.5. The Bertz CT molecular complexity index is 1430. The number of rotatable bonds is 5. The minimum absolute atomic E-state index is 0.0110. The van der Waals surface area contributed by atoms with Gasteiger partial charge in [0.2, 0.25) is 5.43 Å². The summed E-state index contributed by atoms with van der Waals surface area (Å²) < 4.78 is 23.1. The Labute approximate surface area is 210 Å². The van der Waals surface area contributed by atoms with E-state index in [2.05, 4.69) is 10.1 Å². The van der Waals surface area contributed by atoms with Crippen molar-refractivity contribution in [2.45, 2.75) is 13.0 Å². The van der Waals surface area contributed by atoms with Gasteiger partial charge in [0.05, 0.1) is 16.9 Å². The molecule has 9 nitrogen and oxygen atoms in total. The molecule has 3 aromatic rings. The molecule has 1 aromatic heterocycles. The first-order valence-electron chi connectivity index (χ1n) is 11.5. The number of benzene rings is 2. The molecule has 188 valence electrons. The molecule has 3 heterocycles. The number of ether oxygens (including phenoxy) is 1. The molecule has 0 unspecified atom stereocenters. The first kappa shape index (κ1) is 24.1. The van der Waals surface area contributed by atoms with Crippen LogP contribution in [0.5, 0.6) is 5.75 Å². The largest absolute Gasteiger partial charge is 0.487 e. The maximum atomic E-state index is 15.4. The standard InChI is InChI=1S/C25H24ClFN4O5/c1-14-13-36-24-21-17(23(32)18(25(33)34)11-31(14)21)10-19(27)22(24)30-8-6-29(7-9-30)12-20(28-35)15-2-4-16(26)5-3-15/h2-5,10-11,14,35H,6-9,12-13H2,1H3,(H,33,34)/b28-20-/t14-/m0/s1. The fourth-order valence-electron chi connectivity index (χ4n) is 4.82. The lowest BCUT2D eigenvalue weighted by molar-refractivity contribution is 0.0694. The van der Waals surface area contributed by atoms with Crippen molar-refractivity contribution in [1.82, 2.24) is 9.47 Å². The molecular weight excluding hydrogens is 491 g/mol. The molecule has 1 fully saturated rings. The van der Waals surface area contributed by atoms with E-state index in [1.807, 2.05) is 11.8 Å². The van der Waals surface area contributed by atoms with Crippen molar-refractivity contribution in [2.75, 3.05) is 44.2 Å². The lowest BCUT2D eigenvalue weighted by atomic mass is 10.1. The third-order valence-electron chi connectivity index (χ3n) is 6.73.